The van der Waals surface area contributed by atoms with Crippen LogP contribution in [0, 0.1) is 0 Å². The molecule has 27 heavy (non-hydrogen) atoms. The van der Waals surface area contributed by atoms with E-state index in [9.17, 15) is 24.6 Å². The van der Waals surface area contributed by atoms with E-state index in [-0.39, 0.29) is 0 Å². The van der Waals surface area contributed by atoms with Crippen molar-refractivity contribution in [1.29, 1.82) is 0 Å². The number of azide groups is 2. The lowest BCUT2D eigenvalue weighted by atomic mass is 9.90. The summed E-state index contributed by atoms with van der Waals surface area (Å²) in [6.07, 6.45) is -2.21. The van der Waals surface area contributed by atoms with Gasteiger partial charge >= 0.3 is 29.5 Å². The van der Waals surface area contributed by atoms with Gasteiger partial charge < -0.3 is 24.4 Å². The third-order valence-corrected chi connectivity index (χ3v) is 3.03. The second-order valence-electron chi connectivity index (χ2n) is 4.97. The first kappa shape index (κ1) is 21.9. The molecule has 0 radical (unpaired) electrons. The Bertz CT molecular complexity index is 733. The van der Waals surface area contributed by atoms with E-state index in [0.29, 0.717) is 0 Å². The van der Waals surface area contributed by atoms with Crippen molar-refractivity contribution in [1.82, 2.24) is 0 Å². The van der Waals surface area contributed by atoms with Crippen molar-refractivity contribution in [2.45, 2.75) is 44.3 Å². The van der Waals surface area contributed by atoms with Crippen molar-refractivity contribution >= 4 is 17.9 Å². The van der Waals surface area contributed by atoms with Gasteiger partial charge in [0.2, 0.25) is 0 Å². The van der Waals surface area contributed by atoms with Gasteiger partial charge in [-0.1, -0.05) is 0 Å². The van der Waals surface area contributed by atoms with Crippen molar-refractivity contribution in [2.75, 3.05) is 6.61 Å². The average Bonchev–Trinajstić information content (AvgIpc) is 2.53. The maximum absolute atomic E-state index is 11.5. The minimum atomic E-state index is -3.44. The van der Waals surface area contributed by atoms with Gasteiger partial charge in [0.05, 0.1) is 6.61 Å². The molecule has 1 fully saturated rings. The highest BCUT2D eigenvalue weighted by Gasteiger charge is 2.78. The maximum atomic E-state index is 11.5. The molecule has 0 amide bonds. The van der Waals surface area contributed by atoms with E-state index in [1.807, 2.05) is 0 Å². The number of aliphatic hydroxyl groups excluding tert-OH is 1. The van der Waals surface area contributed by atoms with E-state index in [2.05, 4.69) is 34.6 Å². The smallest absolute Gasteiger partial charge is 0.340 e. The summed E-state index contributed by atoms with van der Waals surface area (Å²) in [5.74, 6) is -10.3. The second kappa shape index (κ2) is 8.05. The quantitative estimate of drug-likeness (QED) is 0.114. The van der Waals surface area contributed by atoms with Gasteiger partial charge in [-0.25, -0.2) is 4.79 Å². The molecule has 1 unspecified atom stereocenters. The van der Waals surface area contributed by atoms with E-state index in [0.717, 1.165) is 20.8 Å². The largest absolute Gasteiger partial charge is 0.427 e. The van der Waals surface area contributed by atoms with Gasteiger partial charge in [-0.3, -0.25) is 14.5 Å². The molecule has 1 saturated heterocycles. The Kier molecular flexibility index (Phi) is 6.53. The van der Waals surface area contributed by atoms with Crippen molar-refractivity contribution < 1.29 is 48.6 Å². The number of esters is 2. The number of rotatable bonds is 6. The summed E-state index contributed by atoms with van der Waals surface area (Å²) in [4.78, 5) is 47.6. The van der Waals surface area contributed by atoms with Crippen molar-refractivity contribution in [3.8, 4) is 0 Å². The Morgan fingerprint density at radius 2 is 1.63 bits per heavy atom. The van der Waals surface area contributed by atoms with Gasteiger partial charge in [0.25, 0.3) is 5.79 Å². The zero-order valence-electron chi connectivity index (χ0n) is 14.1. The number of aliphatic hydroxyl groups is 2. The lowest BCUT2D eigenvalue weighted by Crippen LogP contribution is -2.78. The summed E-state index contributed by atoms with van der Waals surface area (Å²) < 4.78 is 14.3. The third-order valence-electron chi connectivity index (χ3n) is 3.03. The zero-order valence-corrected chi connectivity index (χ0v) is 14.1. The molecular formula is C11H14N6O10. The van der Waals surface area contributed by atoms with Crippen LogP contribution < -0.4 is 0 Å². The molecule has 0 aromatic carbocycles. The molecule has 0 aliphatic carbocycles. The predicted octanol–water partition coefficient (Wildman–Crippen LogP) is -0.342. The van der Waals surface area contributed by atoms with Gasteiger partial charge in [0, 0.05) is 30.6 Å². The highest BCUT2D eigenvalue weighted by atomic mass is 17.2. The molecule has 1 aliphatic rings. The topological polar surface area (TPSA) is 235 Å². The molecule has 4 atom stereocenters. The van der Waals surface area contributed by atoms with Gasteiger partial charge in [-0.05, 0) is 21.3 Å². The van der Waals surface area contributed by atoms with Gasteiger partial charge in [0.1, 0.15) is 6.10 Å². The molecule has 1 heterocycles. The molecule has 0 spiro atoms. The number of hydrogen-bond acceptors (Lipinski definition) is 12. The fourth-order valence-corrected chi connectivity index (χ4v) is 2.13. The molecule has 0 bridgehead atoms. The van der Waals surface area contributed by atoms with Crippen molar-refractivity contribution in [3.63, 3.8) is 0 Å². The first-order valence-electron chi connectivity index (χ1n) is 6.92. The maximum Gasteiger partial charge on any atom is 0.340 e. The Labute approximate surface area is 149 Å². The standard InChI is InChI=1S/C11H14N6O10/c1-5(18)24-9(22)8(21)4-23-11(15-17-13,25-6(2)19)10(9,14-16-12)27-26-7(3)20/h8,21-22H,4H2,1-3H3/t8-,9-,10-,11?/m1/s1. The van der Waals surface area contributed by atoms with E-state index < -0.39 is 48.0 Å². The highest BCUT2D eigenvalue weighted by Crippen LogP contribution is 2.49. The Morgan fingerprint density at radius 1 is 1.07 bits per heavy atom. The number of nitrogens with zero attached hydrogens (tertiary/aromatic N) is 6. The average molecular weight is 390 g/mol. The molecule has 148 valence electrons. The fraction of sp³-hybridized carbons (Fsp3) is 0.727. The predicted molar refractivity (Wildman–Crippen MR) is 77.0 cm³/mol. The van der Waals surface area contributed by atoms with Gasteiger partial charge in [-0.2, -0.15) is 4.89 Å². The van der Waals surface area contributed by atoms with Crippen molar-refractivity contribution in [3.05, 3.63) is 20.9 Å². The SMILES string of the molecule is CC(=O)OO[C@@]1(N=[N+]=[N-])C(N=[N+]=[N-])(OC(C)=O)OC[C@@H](O)[C@@]1(O)OC(C)=O. The summed E-state index contributed by atoms with van der Waals surface area (Å²) in [5.41, 5.74) is 14.3. The number of carbonyl (C=O) groups is 3. The second-order valence-corrected chi connectivity index (χ2v) is 4.97. The van der Waals surface area contributed by atoms with Crippen molar-refractivity contribution in [2.24, 2.45) is 10.2 Å². The zero-order chi connectivity index (χ0) is 20.9. The fourth-order valence-electron chi connectivity index (χ4n) is 2.13. The molecule has 0 aromatic heterocycles. The summed E-state index contributed by atoms with van der Waals surface area (Å²) in [6, 6.07) is 0. The molecule has 16 nitrogen and oxygen atoms in total. The lowest BCUT2D eigenvalue weighted by Gasteiger charge is -2.52. The van der Waals surface area contributed by atoms with Crippen LogP contribution in [-0.4, -0.2) is 58.3 Å². The van der Waals surface area contributed by atoms with E-state index >= 15 is 0 Å². The Balaban J connectivity index is 3.89. The van der Waals surface area contributed by atoms with E-state index in [1.165, 1.54) is 0 Å². The van der Waals surface area contributed by atoms with Gasteiger partial charge in [-0.15, -0.1) is 0 Å². The van der Waals surface area contributed by atoms with Crippen LogP contribution in [-0.2, 0) is 38.4 Å². The number of carbonyl (C=O) groups excluding carboxylic acids is 3. The number of ether oxygens (including phenoxy) is 3. The lowest BCUT2D eigenvalue weighted by molar-refractivity contribution is -0.501. The Morgan fingerprint density at radius 3 is 2.07 bits per heavy atom. The van der Waals surface area contributed by atoms with E-state index in [4.69, 9.17) is 20.5 Å². The first-order valence-corrected chi connectivity index (χ1v) is 6.92. The molecule has 16 heteroatoms. The van der Waals surface area contributed by atoms with Crippen LogP contribution in [0.4, 0.5) is 0 Å². The molecule has 2 N–H and O–H groups in total. The minimum Gasteiger partial charge on any atom is -0.427 e. The summed E-state index contributed by atoms with van der Waals surface area (Å²) in [6.45, 7) is 1.44. The molecule has 1 rings (SSSR count). The van der Waals surface area contributed by atoms with Crippen LogP contribution in [0.5, 0.6) is 0 Å². The van der Waals surface area contributed by atoms with Crippen LogP contribution in [0.15, 0.2) is 10.2 Å². The van der Waals surface area contributed by atoms with Crippen LogP contribution in [0.3, 0.4) is 0 Å². The normalized spacial score (nSPS) is 32.3. The monoisotopic (exact) mass is 390 g/mol. The van der Waals surface area contributed by atoms with Crippen LogP contribution >= 0.6 is 0 Å². The van der Waals surface area contributed by atoms with Crippen LogP contribution in [0.2, 0.25) is 0 Å². The highest BCUT2D eigenvalue weighted by molar-refractivity contribution is 5.68. The van der Waals surface area contributed by atoms with Crippen LogP contribution in [0.25, 0.3) is 20.9 Å². The molecule has 0 aromatic rings. The molecule has 1 aliphatic heterocycles. The third kappa shape index (κ3) is 3.85. The van der Waals surface area contributed by atoms with Gasteiger partial charge in [0.15, 0.2) is 0 Å². The van der Waals surface area contributed by atoms with Crippen LogP contribution in [0.1, 0.15) is 20.8 Å². The Hall–Kier alpha value is -3.13. The molecule has 0 saturated carbocycles. The van der Waals surface area contributed by atoms with E-state index in [1.54, 1.807) is 0 Å². The summed E-state index contributed by atoms with van der Waals surface area (Å²) in [7, 11) is 0. The molecular weight excluding hydrogens is 376 g/mol. The number of hydrogen-bond donors (Lipinski definition) is 2. The summed E-state index contributed by atoms with van der Waals surface area (Å²) >= 11 is 0. The summed E-state index contributed by atoms with van der Waals surface area (Å²) in [5, 5.41) is 26.9. The first-order chi connectivity index (χ1) is 12.5. The minimum absolute atomic E-state index is 0.786.